The Balaban J connectivity index is 1.96. The second-order valence-corrected chi connectivity index (χ2v) is 9.65. The van der Waals surface area contributed by atoms with Crippen molar-refractivity contribution in [2.24, 2.45) is 0 Å². The van der Waals surface area contributed by atoms with Crippen LogP contribution in [0.5, 0.6) is 5.75 Å². The smallest absolute Gasteiger partial charge is 0.328 e. The molecule has 3 rings (SSSR count). The molecule has 0 bridgehead atoms. The number of amides is 1. The topological polar surface area (TPSA) is 93.2 Å². The third-order valence-electron chi connectivity index (χ3n) is 5.84. The number of methoxy groups -OCH3 is 2. The lowest BCUT2D eigenvalue weighted by atomic mass is 10.0. The molecule has 0 aromatic heterocycles. The number of piperidine rings is 1. The molecule has 2 heterocycles. The van der Waals surface area contributed by atoms with E-state index in [-0.39, 0.29) is 16.2 Å². The molecular formula is C21H30N2O6S. The van der Waals surface area contributed by atoms with Crippen LogP contribution in [0.4, 0.5) is 0 Å². The Kier molecular flexibility index (Phi) is 7.36. The molecule has 0 spiro atoms. The molecule has 1 amide bonds. The highest BCUT2D eigenvalue weighted by atomic mass is 32.2. The first-order valence-corrected chi connectivity index (χ1v) is 11.9. The Morgan fingerprint density at radius 1 is 0.967 bits per heavy atom. The third-order valence-corrected chi connectivity index (χ3v) is 7.74. The molecule has 0 saturated carbocycles. The summed E-state index contributed by atoms with van der Waals surface area (Å²) in [6.07, 6.45) is 5.81. The molecule has 166 valence electrons. The average molecular weight is 439 g/mol. The van der Waals surface area contributed by atoms with Gasteiger partial charge >= 0.3 is 5.97 Å². The van der Waals surface area contributed by atoms with Crippen molar-refractivity contribution in [1.82, 2.24) is 9.21 Å². The maximum atomic E-state index is 13.4. The van der Waals surface area contributed by atoms with Crippen molar-refractivity contribution in [3.8, 4) is 5.75 Å². The van der Waals surface area contributed by atoms with Gasteiger partial charge in [0.1, 0.15) is 11.8 Å². The van der Waals surface area contributed by atoms with Gasteiger partial charge in [-0.1, -0.05) is 12.8 Å². The van der Waals surface area contributed by atoms with E-state index in [0.717, 1.165) is 38.5 Å². The zero-order valence-corrected chi connectivity index (χ0v) is 18.4. The molecule has 8 nitrogen and oxygen atoms in total. The summed E-state index contributed by atoms with van der Waals surface area (Å²) in [5.41, 5.74) is 0.143. The quantitative estimate of drug-likeness (QED) is 0.656. The number of rotatable bonds is 5. The highest BCUT2D eigenvalue weighted by Gasteiger charge is 2.35. The molecule has 1 atom stereocenters. The molecule has 2 aliphatic heterocycles. The standard InChI is InChI=1S/C21H30N2O6S/c1-28-19-11-10-16(30(26,27)22-12-6-3-4-7-13-22)15-17(19)20(24)23-14-8-5-9-18(23)21(25)29-2/h10-11,15,18H,3-9,12-14H2,1-2H3/t18-/m0/s1. The molecule has 2 saturated heterocycles. The molecule has 0 unspecified atom stereocenters. The summed E-state index contributed by atoms with van der Waals surface area (Å²) in [7, 11) is -0.982. The Labute approximate surface area is 178 Å². The number of nitrogens with zero attached hydrogens (tertiary/aromatic N) is 2. The molecule has 1 aromatic carbocycles. The van der Waals surface area contributed by atoms with Crippen molar-refractivity contribution in [3.63, 3.8) is 0 Å². The van der Waals surface area contributed by atoms with E-state index in [1.165, 1.54) is 41.6 Å². The Bertz CT molecular complexity index is 877. The highest BCUT2D eigenvalue weighted by molar-refractivity contribution is 7.89. The van der Waals surface area contributed by atoms with Crippen molar-refractivity contribution < 1.29 is 27.5 Å². The van der Waals surface area contributed by atoms with E-state index in [2.05, 4.69) is 0 Å². The van der Waals surface area contributed by atoms with Gasteiger partial charge in [0.25, 0.3) is 5.91 Å². The summed E-state index contributed by atoms with van der Waals surface area (Å²) in [6.45, 7) is 1.37. The van der Waals surface area contributed by atoms with Gasteiger partial charge in [0, 0.05) is 19.6 Å². The lowest BCUT2D eigenvalue weighted by molar-refractivity contribution is -0.147. The van der Waals surface area contributed by atoms with Gasteiger partial charge < -0.3 is 14.4 Å². The van der Waals surface area contributed by atoms with Crippen molar-refractivity contribution in [1.29, 1.82) is 0 Å². The van der Waals surface area contributed by atoms with Crippen LogP contribution < -0.4 is 4.74 Å². The highest BCUT2D eigenvalue weighted by Crippen LogP contribution is 2.29. The normalized spacial score (nSPS) is 21.0. The molecule has 30 heavy (non-hydrogen) atoms. The van der Waals surface area contributed by atoms with Gasteiger partial charge in [0.2, 0.25) is 10.0 Å². The number of sulfonamides is 1. The van der Waals surface area contributed by atoms with Crippen molar-refractivity contribution in [2.45, 2.75) is 55.9 Å². The fourth-order valence-electron chi connectivity index (χ4n) is 4.16. The van der Waals surface area contributed by atoms with Crippen LogP contribution in [-0.2, 0) is 19.6 Å². The lowest BCUT2D eigenvalue weighted by Crippen LogP contribution is -2.48. The largest absolute Gasteiger partial charge is 0.496 e. The molecule has 2 aliphatic rings. The minimum atomic E-state index is -3.72. The van der Waals surface area contributed by atoms with Crippen molar-refractivity contribution in [3.05, 3.63) is 23.8 Å². The molecule has 2 fully saturated rings. The van der Waals surface area contributed by atoms with Gasteiger partial charge in [0.05, 0.1) is 24.7 Å². The number of carbonyl (C=O) groups excluding carboxylic acids is 2. The van der Waals surface area contributed by atoms with Crippen molar-refractivity contribution in [2.75, 3.05) is 33.9 Å². The summed E-state index contributed by atoms with van der Waals surface area (Å²) in [5.74, 6) is -0.603. The van der Waals surface area contributed by atoms with Crippen LogP contribution in [-0.4, -0.2) is 69.4 Å². The fourth-order valence-corrected chi connectivity index (χ4v) is 5.70. The van der Waals surface area contributed by atoms with Gasteiger partial charge in [-0.25, -0.2) is 13.2 Å². The Morgan fingerprint density at radius 3 is 2.27 bits per heavy atom. The van der Waals surface area contributed by atoms with E-state index in [1.54, 1.807) is 0 Å². The zero-order chi connectivity index (χ0) is 21.7. The maximum absolute atomic E-state index is 13.4. The maximum Gasteiger partial charge on any atom is 0.328 e. The van der Waals surface area contributed by atoms with Crippen LogP contribution in [0.1, 0.15) is 55.3 Å². The van der Waals surface area contributed by atoms with E-state index in [0.29, 0.717) is 26.1 Å². The summed E-state index contributed by atoms with van der Waals surface area (Å²) in [6, 6.07) is 3.69. The number of hydrogen-bond acceptors (Lipinski definition) is 6. The summed E-state index contributed by atoms with van der Waals surface area (Å²) in [4.78, 5) is 27.1. The molecule has 1 aromatic rings. The van der Waals surface area contributed by atoms with Crippen LogP contribution in [0.25, 0.3) is 0 Å². The minimum absolute atomic E-state index is 0.0696. The monoisotopic (exact) mass is 438 g/mol. The molecular weight excluding hydrogens is 408 g/mol. The van der Waals surface area contributed by atoms with Crippen LogP contribution in [0, 0.1) is 0 Å². The number of carbonyl (C=O) groups is 2. The predicted molar refractivity (Wildman–Crippen MR) is 111 cm³/mol. The summed E-state index contributed by atoms with van der Waals surface area (Å²) < 4.78 is 38.1. The minimum Gasteiger partial charge on any atom is -0.496 e. The van der Waals surface area contributed by atoms with Gasteiger partial charge in [-0.2, -0.15) is 4.31 Å². The second kappa shape index (κ2) is 9.78. The van der Waals surface area contributed by atoms with Crippen molar-refractivity contribution >= 4 is 21.9 Å². The molecule has 0 aliphatic carbocycles. The third kappa shape index (κ3) is 4.62. The van der Waals surface area contributed by atoms with Crippen LogP contribution >= 0.6 is 0 Å². The Hall–Kier alpha value is -2.13. The van der Waals surface area contributed by atoms with E-state index in [4.69, 9.17) is 9.47 Å². The summed E-state index contributed by atoms with van der Waals surface area (Å²) >= 11 is 0. The van der Waals surface area contributed by atoms with Crippen LogP contribution in [0.15, 0.2) is 23.1 Å². The van der Waals surface area contributed by atoms with E-state index in [9.17, 15) is 18.0 Å². The average Bonchev–Trinajstić information content (AvgIpc) is 3.08. The number of esters is 1. The van der Waals surface area contributed by atoms with Gasteiger partial charge in [0.15, 0.2) is 0 Å². The predicted octanol–water partition coefficient (Wildman–Crippen LogP) is 2.43. The molecule has 0 radical (unpaired) electrons. The fraction of sp³-hybridized carbons (Fsp3) is 0.619. The number of ether oxygens (including phenoxy) is 2. The first-order chi connectivity index (χ1) is 14.4. The first-order valence-electron chi connectivity index (χ1n) is 10.5. The second-order valence-electron chi connectivity index (χ2n) is 7.71. The molecule has 0 N–H and O–H groups in total. The van der Waals surface area contributed by atoms with Gasteiger partial charge in [-0.3, -0.25) is 4.79 Å². The molecule has 9 heteroatoms. The lowest BCUT2D eigenvalue weighted by Gasteiger charge is -2.34. The van der Waals surface area contributed by atoms with Gasteiger partial charge in [-0.15, -0.1) is 0 Å². The van der Waals surface area contributed by atoms with E-state index >= 15 is 0 Å². The number of likely N-dealkylation sites (tertiary alicyclic amines) is 1. The van der Waals surface area contributed by atoms with Crippen LogP contribution in [0.2, 0.25) is 0 Å². The Morgan fingerprint density at radius 2 is 1.63 bits per heavy atom. The van der Waals surface area contributed by atoms with E-state index in [1.807, 2.05) is 0 Å². The number of benzene rings is 1. The van der Waals surface area contributed by atoms with Crippen LogP contribution in [0.3, 0.4) is 0 Å². The summed E-state index contributed by atoms with van der Waals surface area (Å²) in [5, 5.41) is 0. The first kappa shape index (κ1) is 22.6. The van der Waals surface area contributed by atoms with Gasteiger partial charge in [-0.05, 0) is 50.3 Å². The zero-order valence-electron chi connectivity index (χ0n) is 17.6. The van der Waals surface area contributed by atoms with E-state index < -0.39 is 27.9 Å². The number of hydrogen-bond donors (Lipinski definition) is 0. The SMILES string of the molecule is COC(=O)[C@@H]1CCCCN1C(=O)c1cc(S(=O)(=O)N2CCCCCC2)ccc1OC.